The second-order valence-electron chi connectivity index (χ2n) is 3.39. The minimum absolute atomic E-state index is 0.0146. The van der Waals surface area contributed by atoms with E-state index in [1.54, 1.807) is 12.1 Å². The highest BCUT2D eigenvalue weighted by molar-refractivity contribution is 8.55. The van der Waals surface area contributed by atoms with Gasteiger partial charge in [0.1, 0.15) is 5.75 Å². The van der Waals surface area contributed by atoms with E-state index in [0.717, 1.165) is 12.2 Å². The van der Waals surface area contributed by atoms with Gasteiger partial charge in [-0.25, -0.2) is 4.57 Å². The quantitative estimate of drug-likeness (QED) is 0.743. The summed E-state index contributed by atoms with van der Waals surface area (Å²) in [5, 5.41) is 0. The van der Waals surface area contributed by atoms with Crippen molar-refractivity contribution in [1.29, 1.82) is 0 Å². The minimum atomic E-state index is -2.97. The first-order chi connectivity index (χ1) is 7.18. The van der Waals surface area contributed by atoms with E-state index in [2.05, 4.69) is 0 Å². The van der Waals surface area contributed by atoms with E-state index in [9.17, 15) is 4.57 Å². The van der Waals surface area contributed by atoms with Crippen molar-refractivity contribution in [3.63, 3.8) is 0 Å². The monoisotopic (exact) mass is 244 g/mol. The van der Waals surface area contributed by atoms with E-state index in [0.29, 0.717) is 5.75 Å². The number of benzene rings is 1. The molecule has 0 N–H and O–H groups in total. The second kappa shape index (κ2) is 4.60. The Kier molecular flexibility index (Phi) is 3.39. The molecule has 0 unspecified atom stereocenters. The topological polar surface area (TPSA) is 35.5 Å². The van der Waals surface area contributed by atoms with Gasteiger partial charge in [-0.2, -0.15) is 0 Å². The molecule has 1 aliphatic rings. The third-order valence-corrected chi connectivity index (χ3v) is 5.81. The largest absolute Gasteiger partial charge is 0.440 e. The first kappa shape index (κ1) is 11.1. The van der Waals surface area contributed by atoms with Crippen LogP contribution in [0.3, 0.4) is 0 Å². The Labute approximate surface area is 93.4 Å². The molecule has 0 aliphatic carbocycles. The highest BCUT2D eigenvalue weighted by atomic mass is 32.7. The first-order valence-electron chi connectivity index (χ1n) is 4.86. The number of rotatable bonds is 2. The highest BCUT2D eigenvalue weighted by Crippen LogP contribution is 2.63. The van der Waals surface area contributed by atoms with Crippen molar-refractivity contribution in [2.24, 2.45) is 0 Å². The molecule has 0 aromatic heterocycles. The van der Waals surface area contributed by atoms with Crippen LogP contribution in [0.15, 0.2) is 30.3 Å². The Morgan fingerprint density at radius 2 is 2.20 bits per heavy atom. The van der Waals surface area contributed by atoms with E-state index in [1.165, 1.54) is 11.4 Å². The van der Waals surface area contributed by atoms with Crippen molar-refractivity contribution < 1.29 is 13.6 Å². The molecule has 0 amide bonds. The fourth-order valence-corrected chi connectivity index (χ4v) is 5.06. The van der Waals surface area contributed by atoms with Crippen LogP contribution in [-0.4, -0.2) is 11.9 Å². The predicted molar refractivity (Wildman–Crippen MR) is 62.3 cm³/mol. The summed E-state index contributed by atoms with van der Waals surface area (Å²) < 4.78 is 22.9. The molecule has 2 atom stereocenters. The molecule has 0 spiro atoms. The molecular formula is C10H13O3PS. The van der Waals surface area contributed by atoms with E-state index in [1.807, 2.05) is 25.1 Å². The van der Waals surface area contributed by atoms with Crippen molar-refractivity contribution in [3.05, 3.63) is 30.3 Å². The summed E-state index contributed by atoms with van der Waals surface area (Å²) in [5.74, 6) is 1.42. The van der Waals surface area contributed by atoms with E-state index < -0.39 is 6.80 Å². The van der Waals surface area contributed by atoms with Gasteiger partial charge < -0.3 is 4.52 Å². The standard InChI is InChI=1S/C10H13O3PS/c1-9-7-8-15-14(11,12-9)13-10-5-3-2-4-6-10/h2-6,9H,7-8H2,1H3/t9-,14+/m1/s1. The van der Waals surface area contributed by atoms with Gasteiger partial charge in [0, 0.05) is 5.75 Å². The van der Waals surface area contributed by atoms with E-state index >= 15 is 0 Å². The van der Waals surface area contributed by atoms with Crippen LogP contribution in [-0.2, 0) is 9.09 Å². The molecular weight excluding hydrogens is 231 g/mol. The zero-order valence-corrected chi connectivity index (χ0v) is 10.2. The van der Waals surface area contributed by atoms with Crippen molar-refractivity contribution in [1.82, 2.24) is 0 Å². The fourth-order valence-electron chi connectivity index (χ4n) is 1.29. The molecule has 1 aromatic rings. The maximum Gasteiger partial charge on any atom is 0.440 e. The summed E-state index contributed by atoms with van der Waals surface area (Å²) in [7, 11) is 0. The zero-order valence-electron chi connectivity index (χ0n) is 8.46. The first-order valence-corrected chi connectivity index (χ1v) is 7.99. The zero-order chi connectivity index (χ0) is 10.7. The highest BCUT2D eigenvalue weighted by Gasteiger charge is 2.33. The average molecular weight is 244 g/mol. The van der Waals surface area contributed by atoms with Gasteiger partial charge in [-0.05, 0) is 36.9 Å². The van der Waals surface area contributed by atoms with Crippen LogP contribution in [0.25, 0.3) is 0 Å². The summed E-state index contributed by atoms with van der Waals surface area (Å²) in [5.41, 5.74) is 0. The molecule has 1 heterocycles. The molecule has 0 saturated carbocycles. The molecule has 1 fully saturated rings. The van der Waals surface area contributed by atoms with Crippen LogP contribution in [0, 0.1) is 0 Å². The third-order valence-electron chi connectivity index (χ3n) is 2.04. The summed E-state index contributed by atoms with van der Waals surface area (Å²) in [6.45, 7) is -1.06. The number of hydrogen-bond acceptors (Lipinski definition) is 4. The summed E-state index contributed by atoms with van der Waals surface area (Å²) >= 11 is 1.28. The predicted octanol–water partition coefficient (Wildman–Crippen LogP) is 3.72. The molecule has 15 heavy (non-hydrogen) atoms. The molecule has 3 nitrogen and oxygen atoms in total. The van der Waals surface area contributed by atoms with Gasteiger partial charge in [-0.3, -0.25) is 4.52 Å². The van der Waals surface area contributed by atoms with Gasteiger partial charge in [0.05, 0.1) is 6.10 Å². The van der Waals surface area contributed by atoms with Crippen molar-refractivity contribution in [2.45, 2.75) is 19.4 Å². The lowest BCUT2D eigenvalue weighted by molar-refractivity contribution is 0.197. The van der Waals surface area contributed by atoms with Crippen molar-refractivity contribution in [2.75, 3.05) is 5.75 Å². The second-order valence-corrected chi connectivity index (χ2v) is 7.46. The summed E-state index contributed by atoms with van der Waals surface area (Å²) in [6.07, 6.45) is 0.938. The van der Waals surface area contributed by atoms with Crippen molar-refractivity contribution in [3.8, 4) is 5.75 Å². The van der Waals surface area contributed by atoms with Crippen LogP contribution in [0.1, 0.15) is 13.3 Å². The van der Waals surface area contributed by atoms with Crippen molar-refractivity contribution >= 4 is 18.2 Å². The molecule has 5 heteroatoms. The van der Waals surface area contributed by atoms with Crippen LogP contribution in [0.4, 0.5) is 0 Å². The van der Waals surface area contributed by atoms with E-state index in [-0.39, 0.29) is 6.10 Å². The summed E-state index contributed by atoms with van der Waals surface area (Å²) in [4.78, 5) is 0. The van der Waals surface area contributed by atoms with Gasteiger partial charge in [-0.1, -0.05) is 18.2 Å². The number of para-hydroxylation sites is 1. The van der Waals surface area contributed by atoms with Crippen LogP contribution >= 0.6 is 18.2 Å². The fraction of sp³-hybridized carbons (Fsp3) is 0.400. The maximum absolute atomic E-state index is 12.1. The smallest absolute Gasteiger partial charge is 0.417 e. The van der Waals surface area contributed by atoms with Gasteiger partial charge in [-0.15, -0.1) is 0 Å². The Hall–Kier alpha value is -0.440. The SMILES string of the molecule is C[C@@H]1CCS[P@](=O)(Oc2ccccc2)O1. The average Bonchev–Trinajstić information content (AvgIpc) is 2.18. The molecule has 82 valence electrons. The normalized spacial score (nSPS) is 31.1. The van der Waals surface area contributed by atoms with Gasteiger partial charge >= 0.3 is 6.80 Å². The molecule has 1 aliphatic heterocycles. The van der Waals surface area contributed by atoms with E-state index in [4.69, 9.17) is 9.05 Å². The molecule has 0 bridgehead atoms. The summed E-state index contributed by atoms with van der Waals surface area (Å²) in [6, 6.07) is 9.14. The molecule has 1 aromatic carbocycles. The Bertz CT molecular complexity index is 368. The lowest BCUT2D eigenvalue weighted by atomic mass is 10.3. The van der Waals surface area contributed by atoms with Gasteiger partial charge in [0.2, 0.25) is 0 Å². The van der Waals surface area contributed by atoms with Crippen LogP contribution in [0.2, 0.25) is 0 Å². The van der Waals surface area contributed by atoms with Crippen LogP contribution < -0.4 is 4.52 Å². The molecule has 2 rings (SSSR count). The minimum Gasteiger partial charge on any atom is -0.417 e. The molecule has 1 saturated heterocycles. The van der Waals surface area contributed by atoms with Crippen LogP contribution in [0.5, 0.6) is 5.75 Å². The molecule has 0 radical (unpaired) electrons. The number of hydrogen-bond donors (Lipinski definition) is 0. The van der Waals surface area contributed by atoms with Gasteiger partial charge in [0.25, 0.3) is 0 Å². The lowest BCUT2D eigenvalue weighted by Gasteiger charge is -2.26. The Morgan fingerprint density at radius 3 is 2.87 bits per heavy atom. The van der Waals surface area contributed by atoms with Gasteiger partial charge in [0.15, 0.2) is 0 Å². The maximum atomic E-state index is 12.1. The Balaban J connectivity index is 2.07. The lowest BCUT2D eigenvalue weighted by Crippen LogP contribution is -2.13. The third kappa shape index (κ3) is 3.00. The Morgan fingerprint density at radius 1 is 1.47 bits per heavy atom.